The Kier molecular flexibility index (Phi) is 4.20. The maximum Gasteiger partial charge on any atom is 0.203 e. The molecule has 0 unspecified atom stereocenters. The molecule has 0 saturated heterocycles. The van der Waals surface area contributed by atoms with Crippen LogP contribution in [0.15, 0.2) is 30.5 Å². The fraction of sp³-hybridized carbons (Fsp3) is 0.400. The lowest BCUT2D eigenvalue weighted by Gasteiger charge is -2.12. The zero-order valence-corrected chi connectivity index (χ0v) is 11.7. The topological polar surface area (TPSA) is 29.9 Å². The Morgan fingerprint density at radius 3 is 2.84 bits per heavy atom. The first kappa shape index (κ1) is 13.6. The summed E-state index contributed by atoms with van der Waals surface area (Å²) in [5.74, 6) is 0.695. The summed E-state index contributed by atoms with van der Waals surface area (Å²) in [4.78, 5) is 4.46. The van der Waals surface area contributed by atoms with Crippen LogP contribution in [0.4, 0.5) is 10.3 Å². The Balaban J connectivity index is 1.96. The third kappa shape index (κ3) is 3.56. The summed E-state index contributed by atoms with van der Waals surface area (Å²) in [6.45, 7) is 6.97. The second-order valence-corrected chi connectivity index (χ2v) is 5.01. The van der Waals surface area contributed by atoms with Crippen LogP contribution < -0.4 is 5.32 Å². The first-order chi connectivity index (χ1) is 9.06. The summed E-state index contributed by atoms with van der Waals surface area (Å²) in [5.41, 5.74) is 1.99. The van der Waals surface area contributed by atoms with Crippen molar-refractivity contribution in [2.75, 3.05) is 11.9 Å². The van der Waals surface area contributed by atoms with Crippen LogP contribution in [-0.4, -0.2) is 16.1 Å². The van der Waals surface area contributed by atoms with Gasteiger partial charge in [-0.2, -0.15) is 0 Å². The fourth-order valence-corrected chi connectivity index (χ4v) is 2.05. The number of rotatable bonds is 5. The molecule has 3 nitrogen and oxygen atoms in total. The van der Waals surface area contributed by atoms with E-state index in [-0.39, 0.29) is 5.82 Å². The molecule has 0 spiro atoms. The van der Waals surface area contributed by atoms with Gasteiger partial charge in [-0.25, -0.2) is 9.37 Å². The summed E-state index contributed by atoms with van der Waals surface area (Å²) in [7, 11) is 0. The number of halogens is 1. The van der Waals surface area contributed by atoms with Crippen LogP contribution in [0.2, 0.25) is 0 Å². The Morgan fingerprint density at radius 2 is 2.16 bits per heavy atom. The van der Waals surface area contributed by atoms with Gasteiger partial charge in [0.1, 0.15) is 5.82 Å². The van der Waals surface area contributed by atoms with Gasteiger partial charge in [0.05, 0.1) is 5.69 Å². The van der Waals surface area contributed by atoms with Gasteiger partial charge in [0, 0.05) is 18.8 Å². The molecule has 0 amide bonds. The lowest BCUT2D eigenvalue weighted by molar-refractivity contribution is 0.604. The van der Waals surface area contributed by atoms with Crippen LogP contribution in [0.3, 0.4) is 0 Å². The highest BCUT2D eigenvalue weighted by molar-refractivity contribution is 5.30. The Bertz CT molecular complexity index is 546. The second kappa shape index (κ2) is 5.87. The molecule has 4 heteroatoms. The molecule has 0 aliphatic carbocycles. The molecule has 0 aliphatic rings. The van der Waals surface area contributed by atoms with Crippen molar-refractivity contribution in [1.82, 2.24) is 9.55 Å². The van der Waals surface area contributed by atoms with Gasteiger partial charge in [-0.1, -0.05) is 12.1 Å². The van der Waals surface area contributed by atoms with E-state index < -0.39 is 0 Å². The summed E-state index contributed by atoms with van der Waals surface area (Å²) in [6, 6.07) is 7.08. The minimum Gasteiger partial charge on any atom is -0.355 e. The predicted molar refractivity (Wildman–Crippen MR) is 75.9 cm³/mol. The lowest BCUT2D eigenvalue weighted by atomic mass is 10.1. The van der Waals surface area contributed by atoms with Crippen molar-refractivity contribution >= 4 is 5.95 Å². The van der Waals surface area contributed by atoms with Crippen molar-refractivity contribution in [2.45, 2.75) is 33.2 Å². The number of benzene rings is 1. The monoisotopic (exact) mass is 261 g/mol. The number of aryl methyl sites for hydroxylation is 1. The number of hydrogen-bond acceptors (Lipinski definition) is 2. The first-order valence-corrected chi connectivity index (χ1v) is 6.60. The van der Waals surface area contributed by atoms with Crippen molar-refractivity contribution in [1.29, 1.82) is 0 Å². The standard InChI is InChI=1S/C15H20FN3/c1-11(2)19-10-12(3)18-15(19)17-8-7-13-5-4-6-14(16)9-13/h4-6,9-11H,7-8H2,1-3H3,(H,17,18). The van der Waals surface area contributed by atoms with Gasteiger partial charge in [-0.05, 0) is 44.9 Å². The number of aromatic nitrogens is 2. The van der Waals surface area contributed by atoms with Crippen molar-refractivity contribution in [2.24, 2.45) is 0 Å². The molecule has 0 aliphatic heterocycles. The third-order valence-electron chi connectivity index (χ3n) is 2.99. The van der Waals surface area contributed by atoms with Crippen LogP contribution in [0.1, 0.15) is 31.1 Å². The number of hydrogen-bond donors (Lipinski definition) is 1. The van der Waals surface area contributed by atoms with E-state index >= 15 is 0 Å². The van der Waals surface area contributed by atoms with Crippen LogP contribution in [-0.2, 0) is 6.42 Å². The molecule has 1 aromatic carbocycles. The highest BCUT2D eigenvalue weighted by Gasteiger charge is 2.07. The molecule has 1 heterocycles. The van der Waals surface area contributed by atoms with Gasteiger partial charge in [-0.15, -0.1) is 0 Å². The van der Waals surface area contributed by atoms with Crippen LogP contribution in [0, 0.1) is 12.7 Å². The van der Waals surface area contributed by atoms with Crippen molar-refractivity contribution < 1.29 is 4.39 Å². The highest BCUT2D eigenvalue weighted by atomic mass is 19.1. The van der Waals surface area contributed by atoms with Crippen molar-refractivity contribution in [3.63, 3.8) is 0 Å². The molecule has 0 radical (unpaired) electrons. The smallest absolute Gasteiger partial charge is 0.203 e. The van der Waals surface area contributed by atoms with Gasteiger partial charge in [0.2, 0.25) is 5.95 Å². The summed E-state index contributed by atoms with van der Waals surface area (Å²) in [5, 5.41) is 3.31. The normalized spacial score (nSPS) is 11.0. The van der Waals surface area contributed by atoms with Crippen LogP contribution >= 0.6 is 0 Å². The molecule has 19 heavy (non-hydrogen) atoms. The van der Waals surface area contributed by atoms with E-state index in [4.69, 9.17) is 0 Å². The SMILES string of the molecule is Cc1cn(C(C)C)c(NCCc2cccc(F)c2)n1. The number of anilines is 1. The minimum atomic E-state index is -0.183. The zero-order chi connectivity index (χ0) is 13.8. The molecule has 102 valence electrons. The van der Waals surface area contributed by atoms with E-state index in [9.17, 15) is 4.39 Å². The van der Waals surface area contributed by atoms with Crippen molar-refractivity contribution in [3.05, 3.63) is 47.5 Å². The largest absolute Gasteiger partial charge is 0.355 e. The highest BCUT2D eigenvalue weighted by Crippen LogP contribution is 2.15. The molecule has 0 saturated carbocycles. The van der Waals surface area contributed by atoms with Crippen LogP contribution in [0.25, 0.3) is 0 Å². The molecule has 2 rings (SSSR count). The quantitative estimate of drug-likeness (QED) is 0.891. The summed E-state index contributed by atoms with van der Waals surface area (Å²) < 4.78 is 15.2. The maximum absolute atomic E-state index is 13.1. The van der Waals surface area contributed by atoms with E-state index in [1.54, 1.807) is 12.1 Å². The fourth-order valence-electron chi connectivity index (χ4n) is 2.05. The molecular weight excluding hydrogens is 241 g/mol. The van der Waals surface area contributed by atoms with E-state index in [0.29, 0.717) is 6.04 Å². The Morgan fingerprint density at radius 1 is 1.37 bits per heavy atom. The molecule has 1 N–H and O–H groups in total. The molecule has 0 atom stereocenters. The summed E-state index contributed by atoms with van der Waals surface area (Å²) in [6.07, 6.45) is 2.82. The molecule has 1 aromatic heterocycles. The second-order valence-electron chi connectivity index (χ2n) is 5.01. The van der Waals surface area contributed by atoms with Crippen molar-refractivity contribution in [3.8, 4) is 0 Å². The summed E-state index contributed by atoms with van der Waals surface area (Å²) >= 11 is 0. The Labute approximate surface area is 113 Å². The van der Waals surface area contributed by atoms with E-state index in [2.05, 4.69) is 28.7 Å². The van der Waals surface area contributed by atoms with Gasteiger partial charge in [-0.3, -0.25) is 0 Å². The minimum absolute atomic E-state index is 0.183. The van der Waals surface area contributed by atoms with E-state index in [1.165, 1.54) is 6.07 Å². The molecule has 0 fully saturated rings. The number of nitrogens with one attached hydrogen (secondary N) is 1. The van der Waals surface area contributed by atoms with Gasteiger partial charge in [0.15, 0.2) is 0 Å². The number of nitrogens with zero attached hydrogens (tertiary/aromatic N) is 2. The average molecular weight is 261 g/mol. The molecule has 0 bridgehead atoms. The van der Waals surface area contributed by atoms with E-state index in [1.807, 2.05) is 19.2 Å². The molecule has 2 aromatic rings. The predicted octanol–water partition coefficient (Wildman–Crippen LogP) is 3.57. The maximum atomic E-state index is 13.1. The van der Waals surface area contributed by atoms with Gasteiger partial charge >= 0.3 is 0 Å². The van der Waals surface area contributed by atoms with E-state index in [0.717, 1.165) is 30.2 Å². The lowest BCUT2D eigenvalue weighted by Crippen LogP contribution is -2.11. The molecular formula is C15H20FN3. The first-order valence-electron chi connectivity index (χ1n) is 6.60. The average Bonchev–Trinajstić information content (AvgIpc) is 2.71. The van der Waals surface area contributed by atoms with Crippen LogP contribution in [0.5, 0.6) is 0 Å². The number of imidazole rings is 1. The van der Waals surface area contributed by atoms with Gasteiger partial charge in [0.25, 0.3) is 0 Å². The van der Waals surface area contributed by atoms with Gasteiger partial charge < -0.3 is 9.88 Å². The Hall–Kier alpha value is -1.84. The zero-order valence-electron chi connectivity index (χ0n) is 11.7. The third-order valence-corrected chi connectivity index (χ3v) is 2.99.